The molecule has 2 amide bonds. The summed E-state index contributed by atoms with van der Waals surface area (Å²) < 4.78 is 1.06. The van der Waals surface area contributed by atoms with E-state index >= 15 is 0 Å². The molecule has 0 aliphatic carbocycles. The molecule has 0 bridgehead atoms. The van der Waals surface area contributed by atoms with Gasteiger partial charge in [-0.25, -0.2) is 4.98 Å². The zero-order valence-corrected chi connectivity index (χ0v) is 17.9. The SMILES string of the molecule is Cc1ccc2nc(NC(=O)CSc3cccc(NC(=O)c4cccs4)c3)sc2c1. The van der Waals surface area contributed by atoms with Gasteiger partial charge in [0.05, 0.1) is 20.8 Å². The molecule has 5 nitrogen and oxygen atoms in total. The van der Waals surface area contributed by atoms with Crippen LogP contribution < -0.4 is 10.6 Å². The van der Waals surface area contributed by atoms with Gasteiger partial charge in [-0.2, -0.15) is 0 Å². The molecule has 2 aromatic heterocycles. The predicted molar refractivity (Wildman–Crippen MR) is 122 cm³/mol. The van der Waals surface area contributed by atoms with E-state index in [-0.39, 0.29) is 17.6 Å². The van der Waals surface area contributed by atoms with Crippen LogP contribution in [-0.4, -0.2) is 22.6 Å². The number of fused-ring (bicyclic) bond motifs is 1. The van der Waals surface area contributed by atoms with Crippen LogP contribution in [0.2, 0.25) is 0 Å². The topological polar surface area (TPSA) is 71.1 Å². The summed E-state index contributed by atoms with van der Waals surface area (Å²) in [6, 6.07) is 17.1. The number of carbonyl (C=O) groups excluding carboxylic acids is 2. The van der Waals surface area contributed by atoms with E-state index in [4.69, 9.17) is 0 Å². The molecule has 2 heterocycles. The quantitative estimate of drug-likeness (QED) is 0.381. The molecule has 0 unspecified atom stereocenters. The van der Waals surface area contributed by atoms with Gasteiger partial charge in [-0.3, -0.25) is 9.59 Å². The van der Waals surface area contributed by atoms with Gasteiger partial charge in [0.15, 0.2) is 5.13 Å². The van der Waals surface area contributed by atoms with Gasteiger partial charge in [0, 0.05) is 10.6 Å². The first-order valence-corrected chi connectivity index (χ1v) is 11.5. The highest BCUT2D eigenvalue weighted by Gasteiger charge is 2.10. The van der Waals surface area contributed by atoms with Crippen LogP contribution in [0.1, 0.15) is 15.2 Å². The summed E-state index contributed by atoms with van der Waals surface area (Å²) >= 11 is 4.28. The number of amides is 2. The largest absolute Gasteiger partial charge is 0.321 e. The van der Waals surface area contributed by atoms with Crippen LogP contribution in [0.3, 0.4) is 0 Å². The summed E-state index contributed by atoms with van der Waals surface area (Å²) in [6.45, 7) is 2.03. The van der Waals surface area contributed by atoms with Gasteiger partial charge in [0.1, 0.15) is 0 Å². The minimum absolute atomic E-state index is 0.112. The normalized spacial score (nSPS) is 10.8. The van der Waals surface area contributed by atoms with Crippen molar-refractivity contribution in [3.8, 4) is 0 Å². The van der Waals surface area contributed by atoms with Crippen molar-refractivity contribution in [2.24, 2.45) is 0 Å². The van der Waals surface area contributed by atoms with Crippen LogP contribution in [0.5, 0.6) is 0 Å². The van der Waals surface area contributed by atoms with Crippen molar-refractivity contribution in [3.05, 3.63) is 70.4 Å². The van der Waals surface area contributed by atoms with Crippen LogP contribution in [-0.2, 0) is 4.79 Å². The number of aromatic nitrogens is 1. The molecular formula is C21H17N3O2S3. The number of thiophene rings is 1. The molecule has 4 aromatic rings. The van der Waals surface area contributed by atoms with Crippen molar-refractivity contribution in [1.29, 1.82) is 0 Å². The van der Waals surface area contributed by atoms with Gasteiger partial charge >= 0.3 is 0 Å². The minimum Gasteiger partial charge on any atom is -0.321 e. The maximum Gasteiger partial charge on any atom is 0.265 e. The van der Waals surface area contributed by atoms with E-state index < -0.39 is 0 Å². The second-order valence-corrected chi connectivity index (χ2v) is 9.31. The zero-order valence-electron chi connectivity index (χ0n) is 15.5. The Kier molecular flexibility index (Phi) is 5.94. The first kappa shape index (κ1) is 19.6. The number of benzene rings is 2. The van der Waals surface area contributed by atoms with E-state index in [9.17, 15) is 9.59 Å². The summed E-state index contributed by atoms with van der Waals surface area (Å²) in [5.74, 6) is 0.0156. The van der Waals surface area contributed by atoms with E-state index in [1.807, 2.05) is 54.8 Å². The Morgan fingerprint density at radius 1 is 1.07 bits per heavy atom. The van der Waals surface area contributed by atoms with Gasteiger partial charge < -0.3 is 10.6 Å². The molecular weight excluding hydrogens is 422 g/mol. The van der Waals surface area contributed by atoms with Crippen LogP contribution in [0.15, 0.2) is 64.9 Å². The van der Waals surface area contributed by atoms with E-state index in [0.29, 0.717) is 15.7 Å². The maximum absolute atomic E-state index is 12.3. The summed E-state index contributed by atoms with van der Waals surface area (Å²) in [5.41, 5.74) is 2.76. The Bertz CT molecular complexity index is 1170. The average Bonchev–Trinajstić information content (AvgIpc) is 3.36. The summed E-state index contributed by atoms with van der Waals surface area (Å²) in [6.07, 6.45) is 0. The predicted octanol–water partition coefficient (Wildman–Crippen LogP) is 5.65. The van der Waals surface area contributed by atoms with Crippen molar-refractivity contribution >= 4 is 67.3 Å². The Morgan fingerprint density at radius 3 is 2.79 bits per heavy atom. The van der Waals surface area contributed by atoms with Gasteiger partial charge in [-0.15, -0.1) is 23.1 Å². The number of hydrogen-bond acceptors (Lipinski definition) is 6. The lowest BCUT2D eigenvalue weighted by atomic mass is 10.2. The number of rotatable bonds is 6. The van der Waals surface area contributed by atoms with Crippen LogP contribution in [0.4, 0.5) is 10.8 Å². The molecule has 0 spiro atoms. The van der Waals surface area contributed by atoms with E-state index in [1.54, 1.807) is 6.07 Å². The molecule has 0 aliphatic heterocycles. The Labute approximate surface area is 180 Å². The van der Waals surface area contributed by atoms with Gasteiger partial charge in [-0.05, 0) is 54.3 Å². The highest BCUT2D eigenvalue weighted by Crippen LogP contribution is 2.27. The molecule has 2 aromatic carbocycles. The van der Waals surface area contributed by atoms with Crippen molar-refractivity contribution in [1.82, 2.24) is 4.98 Å². The monoisotopic (exact) mass is 439 g/mol. The Hall–Kier alpha value is -2.68. The molecule has 0 radical (unpaired) electrons. The third kappa shape index (κ3) is 5.03. The first-order valence-electron chi connectivity index (χ1n) is 8.81. The zero-order chi connectivity index (χ0) is 20.2. The summed E-state index contributed by atoms with van der Waals surface area (Å²) in [4.78, 5) is 30.5. The third-order valence-electron chi connectivity index (χ3n) is 4.00. The molecule has 0 atom stereocenters. The van der Waals surface area contributed by atoms with Crippen molar-refractivity contribution < 1.29 is 9.59 Å². The molecule has 0 saturated carbocycles. The van der Waals surface area contributed by atoms with E-state index in [0.717, 1.165) is 15.1 Å². The minimum atomic E-state index is -0.133. The highest BCUT2D eigenvalue weighted by molar-refractivity contribution is 8.00. The molecule has 0 aliphatic rings. The average molecular weight is 440 g/mol. The van der Waals surface area contributed by atoms with Gasteiger partial charge in [0.2, 0.25) is 5.91 Å². The third-order valence-corrected chi connectivity index (χ3v) is 6.79. The second kappa shape index (κ2) is 8.77. The van der Waals surface area contributed by atoms with Crippen molar-refractivity contribution in [3.63, 3.8) is 0 Å². The number of nitrogens with one attached hydrogen (secondary N) is 2. The fraction of sp³-hybridized carbons (Fsp3) is 0.0952. The number of carbonyl (C=O) groups is 2. The fourth-order valence-corrected chi connectivity index (χ4v) is 5.01. The van der Waals surface area contributed by atoms with Crippen LogP contribution in [0.25, 0.3) is 10.2 Å². The Morgan fingerprint density at radius 2 is 1.97 bits per heavy atom. The number of hydrogen-bond donors (Lipinski definition) is 2. The van der Waals surface area contributed by atoms with Crippen LogP contribution >= 0.6 is 34.4 Å². The molecule has 0 saturated heterocycles. The molecule has 29 heavy (non-hydrogen) atoms. The standard InChI is InChI=1S/C21H17N3O2S3/c1-13-7-8-16-18(10-13)29-21(23-16)24-19(25)12-28-15-5-2-4-14(11-15)22-20(26)17-6-3-9-27-17/h2-11H,12H2,1H3,(H,22,26)(H,23,24,25). The number of anilines is 2. The lowest BCUT2D eigenvalue weighted by Gasteiger charge is -2.06. The molecule has 0 fully saturated rings. The molecule has 8 heteroatoms. The summed E-state index contributed by atoms with van der Waals surface area (Å²) in [7, 11) is 0. The summed E-state index contributed by atoms with van der Waals surface area (Å²) in [5, 5.41) is 8.22. The highest BCUT2D eigenvalue weighted by atomic mass is 32.2. The van der Waals surface area contributed by atoms with Crippen molar-refractivity contribution in [2.75, 3.05) is 16.4 Å². The molecule has 4 rings (SSSR count). The van der Waals surface area contributed by atoms with E-state index in [1.165, 1.54) is 40.0 Å². The van der Waals surface area contributed by atoms with Gasteiger partial charge in [-0.1, -0.05) is 29.5 Å². The number of aryl methyl sites for hydroxylation is 1. The number of thiazole rings is 1. The lowest BCUT2D eigenvalue weighted by Crippen LogP contribution is -2.13. The lowest BCUT2D eigenvalue weighted by molar-refractivity contribution is -0.113. The first-order chi connectivity index (χ1) is 14.1. The van der Waals surface area contributed by atoms with E-state index in [2.05, 4.69) is 21.7 Å². The number of nitrogens with zero attached hydrogens (tertiary/aromatic N) is 1. The van der Waals surface area contributed by atoms with Crippen molar-refractivity contribution in [2.45, 2.75) is 11.8 Å². The molecule has 146 valence electrons. The van der Waals surface area contributed by atoms with Gasteiger partial charge in [0.25, 0.3) is 5.91 Å². The fourth-order valence-electron chi connectivity index (χ4n) is 2.65. The van der Waals surface area contributed by atoms with Crippen LogP contribution in [0, 0.1) is 6.92 Å². The molecule has 2 N–H and O–H groups in total. The Balaban J connectivity index is 1.34. The smallest absolute Gasteiger partial charge is 0.265 e. The maximum atomic E-state index is 12.3. The second-order valence-electron chi connectivity index (χ2n) is 6.29. The number of thioether (sulfide) groups is 1.